The second kappa shape index (κ2) is 7.77. The SMILES string of the molecule is COc1ccc(NC(=O)c2cc(C)nc(Nc3ccc(F)cc3F)n2)cc1. The van der Waals surface area contributed by atoms with E-state index in [1.807, 2.05) is 0 Å². The Bertz CT molecular complexity index is 978. The van der Waals surface area contributed by atoms with Gasteiger partial charge in [0.15, 0.2) is 0 Å². The van der Waals surface area contributed by atoms with Crippen molar-refractivity contribution in [3.63, 3.8) is 0 Å². The third kappa shape index (κ3) is 4.55. The van der Waals surface area contributed by atoms with Crippen LogP contribution in [0.1, 0.15) is 16.2 Å². The number of nitrogens with zero attached hydrogens (tertiary/aromatic N) is 2. The fourth-order valence-corrected chi connectivity index (χ4v) is 2.32. The molecule has 0 saturated heterocycles. The van der Waals surface area contributed by atoms with Crippen molar-refractivity contribution < 1.29 is 18.3 Å². The smallest absolute Gasteiger partial charge is 0.274 e. The molecular weight excluding hydrogens is 354 g/mol. The van der Waals surface area contributed by atoms with Gasteiger partial charge in [0.05, 0.1) is 12.8 Å². The number of carbonyl (C=O) groups excluding carboxylic acids is 1. The molecule has 0 fully saturated rings. The summed E-state index contributed by atoms with van der Waals surface area (Å²) in [5, 5.41) is 5.36. The molecule has 0 unspecified atom stereocenters. The number of ether oxygens (including phenoxy) is 1. The molecule has 138 valence electrons. The van der Waals surface area contributed by atoms with Crippen LogP contribution in [0.15, 0.2) is 48.5 Å². The van der Waals surface area contributed by atoms with E-state index in [4.69, 9.17) is 4.74 Å². The van der Waals surface area contributed by atoms with Crippen LogP contribution in [0.4, 0.5) is 26.1 Å². The Kier molecular flexibility index (Phi) is 5.25. The number of amides is 1. The molecule has 2 N–H and O–H groups in total. The minimum atomic E-state index is -0.788. The number of hydrogen-bond acceptors (Lipinski definition) is 5. The molecule has 0 aliphatic heterocycles. The topological polar surface area (TPSA) is 76.1 Å². The Morgan fingerprint density at radius 1 is 1.04 bits per heavy atom. The maximum Gasteiger partial charge on any atom is 0.274 e. The van der Waals surface area contributed by atoms with Crippen molar-refractivity contribution in [3.8, 4) is 5.75 Å². The minimum absolute atomic E-state index is 0.00325. The third-order valence-electron chi connectivity index (χ3n) is 3.61. The molecule has 0 radical (unpaired) electrons. The summed E-state index contributed by atoms with van der Waals surface area (Å²) in [6.07, 6.45) is 0. The summed E-state index contributed by atoms with van der Waals surface area (Å²) in [6.45, 7) is 1.68. The van der Waals surface area contributed by atoms with E-state index in [-0.39, 0.29) is 17.3 Å². The molecule has 1 aromatic heterocycles. The maximum atomic E-state index is 13.8. The average molecular weight is 370 g/mol. The van der Waals surface area contributed by atoms with Crippen molar-refractivity contribution in [1.29, 1.82) is 0 Å². The number of nitrogens with one attached hydrogen (secondary N) is 2. The molecule has 6 nitrogen and oxygen atoms in total. The lowest BCUT2D eigenvalue weighted by atomic mass is 10.2. The lowest BCUT2D eigenvalue weighted by Gasteiger charge is -2.10. The third-order valence-corrected chi connectivity index (χ3v) is 3.61. The number of anilines is 3. The van der Waals surface area contributed by atoms with Crippen LogP contribution in [0.2, 0.25) is 0 Å². The summed E-state index contributed by atoms with van der Waals surface area (Å²) in [7, 11) is 1.55. The Morgan fingerprint density at radius 3 is 2.44 bits per heavy atom. The molecule has 27 heavy (non-hydrogen) atoms. The zero-order valence-corrected chi connectivity index (χ0v) is 14.6. The Morgan fingerprint density at radius 2 is 1.78 bits per heavy atom. The van der Waals surface area contributed by atoms with E-state index < -0.39 is 17.5 Å². The van der Waals surface area contributed by atoms with E-state index >= 15 is 0 Å². The van der Waals surface area contributed by atoms with Crippen LogP contribution in [0.5, 0.6) is 5.75 Å². The van der Waals surface area contributed by atoms with Crippen LogP contribution in [-0.2, 0) is 0 Å². The highest BCUT2D eigenvalue weighted by Crippen LogP contribution is 2.20. The largest absolute Gasteiger partial charge is 0.497 e. The van der Waals surface area contributed by atoms with Gasteiger partial charge in [0.2, 0.25) is 5.95 Å². The Hall–Kier alpha value is -3.55. The van der Waals surface area contributed by atoms with Gasteiger partial charge in [-0.15, -0.1) is 0 Å². The molecule has 3 rings (SSSR count). The second-order valence-electron chi connectivity index (χ2n) is 5.65. The summed E-state index contributed by atoms with van der Waals surface area (Å²) in [5.41, 5.74) is 1.18. The first-order valence-corrected chi connectivity index (χ1v) is 7.98. The molecular formula is C19H16F2N4O2. The molecule has 0 spiro atoms. The predicted octanol–water partition coefficient (Wildman–Crippen LogP) is 4.07. The summed E-state index contributed by atoms with van der Waals surface area (Å²) >= 11 is 0. The zero-order valence-electron chi connectivity index (χ0n) is 14.6. The van der Waals surface area contributed by atoms with Crippen molar-refractivity contribution >= 4 is 23.2 Å². The van der Waals surface area contributed by atoms with E-state index in [9.17, 15) is 13.6 Å². The van der Waals surface area contributed by atoms with Crippen molar-refractivity contribution in [2.45, 2.75) is 6.92 Å². The van der Waals surface area contributed by atoms with Gasteiger partial charge in [-0.2, -0.15) is 0 Å². The van der Waals surface area contributed by atoms with Crippen molar-refractivity contribution in [1.82, 2.24) is 9.97 Å². The molecule has 0 bridgehead atoms. The number of aromatic nitrogens is 2. The van der Waals surface area contributed by atoms with Gasteiger partial charge < -0.3 is 15.4 Å². The number of carbonyl (C=O) groups is 1. The highest BCUT2D eigenvalue weighted by molar-refractivity contribution is 6.03. The molecule has 0 saturated carbocycles. The van der Waals surface area contributed by atoms with Crippen molar-refractivity contribution in [3.05, 3.63) is 71.6 Å². The van der Waals surface area contributed by atoms with Crippen LogP contribution < -0.4 is 15.4 Å². The molecule has 1 amide bonds. The van der Waals surface area contributed by atoms with E-state index in [2.05, 4.69) is 20.6 Å². The van der Waals surface area contributed by atoms with Gasteiger partial charge in [-0.1, -0.05) is 0 Å². The van der Waals surface area contributed by atoms with E-state index in [0.29, 0.717) is 17.1 Å². The van der Waals surface area contributed by atoms with Gasteiger partial charge in [-0.05, 0) is 49.4 Å². The van der Waals surface area contributed by atoms with Crippen molar-refractivity contribution in [2.24, 2.45) is 0 Å². The molecule has 3 aromatic rings. The fourth-order valence-electron chi connectivity index (χ4n) is 2.32. The molecule has 0 aliphatic rings. The monoisotopic (exact) mass is 370 g/mol. The summed E-state index contributed by atoms with van der Waals surface area (Å²) < 4.78 is 31.9. The van der Waals surface area contributed by atoms with Crippen LogP contribution in [0, 0.1) is 18.6 Å². The number of hydrogen-bond donors (Lipinski definition) is 2. The second-order valence-corrected chi connectivity index (χ2v) is 5.65. The van der Waals surface area contributed by atoms with Gasteiger partial charge in [0, 0.05) is 17.4 Å². The van der Waals surface area contributed by atoms with E-state index in [1.54, 1.807) is 38.3 Å². The number of methoxy groups -OCH3 is 1. The highest BCUT2D eigenvalue weighted by Gasteiger charge is 2.13. The van der Waals surface area contributed by atoms with E-state index in [0.717, 1.165) is 12.1 Å². The summed E-state index contributed by atoms with van der Waals surface area (Å²) in [4.78, 5) is 20.7. The van der Waals surface area contributed by atoms with Gasteiger partial charge in [-0.25, -0.2) is 18.7 Å². The van der Waals surface area contributed by atoms with Crippen LogP contribution in [0.25, 0.3) is 0 Å². The molecule has 0 aliphatic carbocycles. The van der Waals surface area contributed by atoms with Crippen molar-refractivity contribution in [2.75, 3.05) is 17.7 Å². The minimum Gasteiger partial charge on any atom is -0.497 e. The highest BCUT2D eigenvalue weighted by atomic mass is 19.1. The number of aryl methyl sites for hydroxylation is 1. The number of benzene rings is 2. The number of halogens is 2. The fraction of sp³-hybridized carbons (Fsp3) is 0.105. The van der Waals surface area contributed by atoms with E-state index in [1.165, 1.54) is 12.1 Å². The quantitative estimate of drug-likeness (QED) is 0.708. The van der Waals surface area contributed by atoms with Gasteiger partial charge >= 0.3 is 0 Å². The maximum absolute atomic E-state index is 13.8. The lowest BCUT2D eigenvalue weighted by Crippen LogP contribution is -2.15. The normalized spacial score (nSPS) is 10.4. The zero-order chi connectivity index (χ0) is 19.4. The van der Waals surface area contributed by atoms with Gasteiger partial charge in [0.25, 0.3) is 5.91 Å². The molecule has 2 aromatic carbocycles. The summed E-state index contributed by atoms with van der Waals surface area (Å²) in [6, 6.07) is 11.4. The van der Waals surface area contributed by atoms with Gasteiger partial charge in [0.1, 0.15) is 23.1 Å². The molecule has 8 heteroatoms. The molecule has 1 heterocycles. The van der Waals surface area contributed by atoms with Crippen LogP contribution in [0.3, 0.4) is 0 Å². The predicted molar refractivity (Wildman–Crippen MR) is 97.4 cm³/mol. The number of rotatable bonds is 5. The first-order chi connectivity index (χ1) is 12.9. The average Bonchev–Trinajstić information content (AvgIpc) is 2.64. The Balaban J connectivity index is 1.80. The summed E-state index contributed by atoms with van der Waals surface area (Å²) in [5.74, 6) is -1.24. The standard InChI is InChI=1S/C19H16F2N4O2/c1-11-9-17(18(26)23-13-4-6-14(27-2)7-5-13)25-19(22-11)24-16-8-3-12(20)10-15(16)21/h3-10H,1-2H3,(H,23,26)(H,22,24,25). The first kappa shape index (κ1) is 18.2. The first-order valence-electron chi connectivity index (χ1n) is 7.98. The Labute approximate surface area is 154 Å². The van der Waals surface area contributed by atoms with Crippen LogP contribution >= 0.6 is 0 Å². The lowest BCUT2D eigenvalue weighted by molar-refractivity contribution is 0.102. The molecule has 0 atom stereocenters. The van der Waals surface area contributed by atoms with Gasteiger partial charge in [-0.3, -0.25) is 4.79 Å². The van der Waals surface area contributed by atoms with Crippen LogP contribution in [-0.4, -0.2) is 23.0 Å².